The zero-order valence-electron chi connectivity index (χ0n) is 11.7. The van der Waals surface area contributed by atoms with Gasteiger partial charge in [0.25, 0.3) is 0 Å². The van der Waals surface area contributed by atoms with E-state index in [1.54, 1.807) is 0 Å². The van der Waals surface area contributed by atoms with Gasteiger partial charge >= 0.3 is 0 Å². The highest BCUT2D eigenvalue weighted by molar-refractivity contribution is 8.00. The maximum atomic E-state index is 9.41. The first-order valence-electron chi connectivity index (χ1n) is 6.79. The van der Waals surface area contributed by atoms with Crippen LogP contribution in [0, 0.1) is 11.3 Å². The molecule has 0 N–H and O–H groups in total. The molecule has 1 heterocycles. The van der Waals surface area contributed by atoms with E-state index in [-0.39, 0.29) is 5.25 Å². The summed E-state index contributed by atoms with van der Waals surface area (Å²) in [4.78, 5) is 4.62. The topological polar surface area (TPSA) is 41.6 Å². The van der Waals surface area contributed by atoms with Crippen LogP contribution in [0.25, 0.3) is 11.0 Å². The first kappa shape index (κ1) is 13.7. The number of nitrogens with zero attached hydrogens (tertiary/aromatic N) is 3. The molecule has 0 aliphatic carbocycles. The highest BCUT2D eigenvalue weighted by Gasteiger charge is 2.15. The number of rotatable bonds is 4. The van der Waals surface area contributed by atoms with Crippen LogP contribution in [0.1, 0.15) is 5.56 Å². The molecule has 4 heteroatoms. The van der Waals surface area contributed by atoms with E-state index in [0.717, 1.165) is 22.6 Å². The van der Waals surface area contributed by atoms with Crippen LogP contribution < -0.4 is 0 Å². The van der Waals surface area contributed by atoms with Gasteiger partial charge in [-0.25, -0.2) is 4.98 Å². The Kier molecular flexibility index (Phi) is 3.94. The first-order valence-corrected chi connectivity index (χ1v) is 7.67. The molecule has 0 aliphatic rings. The maximum Gasteiger partial charge on any atom is 0.170 e. The molecule has 0 aliphatic heterocycles. The molecular weight excluding hydrogens is 278 g/mol. The van der Waals surface area contributed by atoms with Crippen molar-refractivity contribution >= 4 is 22.8 Å². The van der Waals surface area contributed by atoms with E-state index in [9.17, 15) is 5.26 Å². The van der Waals surface area contributed by atoms with E-state index in [0.29, 0.717) is 0 Å². The zero-order chi connectivity index (χ0) is 14.7. The van der Waals surface area contributed by atoms with Gasteiger partial charge < -0.3 is 4.57 Å². The lowest BCUT2D eigenvalue weighted by Crippen LogP contribution is -2.05. The second-order valence-electron chi connectivity index (χ2n) is 4.87. The van der Waals surface area contributed by atoms with Crippen LogP contribution in [-0.4, -0.2) is 14.8 Å². The molecule has 0 saturated heterocycles. The van der Waals surface area contributed by atoms with Gasteiger partial charge in [-0.1, -0.05) is 54.2 Å². The van der Waals surface area contributed by atoms with E-state index in [1.165, 1.54) is 17.3 Å². The average molecular weight is 293 g/mol. The fraction of sp³-hybridized carbons (Fsp3) is 0.176. The van der Waals surface area contributed by atoms with Crippen molar-refractivity contribution in [2.24, 2.45) is 7.05 Å². The Morgan fingerprint density at radius 3 is 2.57 bits per heavy atom. The van der Waals surface area contributed by atoms with Gasteiger partial charge in [0.05, 0.1) is 17.1 Å². The van der Waals surface area contributed by atoms with Crippen molar-refractivity contribution < 1.29 is 0 Å². The van der Waals surface area contributed by atoms with E-state index in [2.05, 4.69) is 27.8 Å². The number of aromatic nitrogens is 2. The monoisotopic (exact) mass is 293 g/mol. The van der Waals surface area contributed by atoms with Crippen molar-refractivity contribution in [3.63, 3.8) is 0 Å². The molecule has 0 bridgehead atoms. The van der Waals surface area contributed by atoms with E-state index in [4.69, 9.17) is 0 Å². The van der Waals surface area contributed by atoms with Crippen molar-refractivity contribution in [2.45, 2.75) is 16.8 Å². The molecule has 0 saturated carbocycles. The van der Waals surface area contributed by atoms with E-state index >= 15 is 0 Å². The quantitative estimate of drug-likeness (QED) is 0.687. The fourth-order valence-corrected chi connectivity index (χ4v) is 3.29. The molecule has 3 nitrogen and oxygen atoms in total. The number of nitriles is 1. The minimum Gasteiger partial charge on any atom is -0.322 e. The fourth-order valence-electron chi connectivity index (χ4n) is 2.30. The number of para-hydroxylation sites is 2. The third kappa shape index (κ3) is 2.93. The molecule has 104 valence electrons. The van der Waals surface area contributed by atoms with Crippen molar-refractivity contribution in [3.05, 3.63) is 60.2 Å². The van der Waals surface area contributed by atoms with Gasteiger partial charge in [-0.3, -0.25) is 0 Å². The minimum absolute atomic E-state index is 0.136. The summed E-state index contributed by atoms with van der Waals surface area (Å²) in [6.07, 6.45) is 0.727. The Hall–Kier alpha value is -2.25. The van der Waals surface area contributed by atoms with Crippen LogP contribution in [-0.2, 0) is 13.5 Å². The predicted molar refractivity (Wildman–Crippen MR) is 86.1 cm³/mol. The van der Waals surface area contributed by atoms with Crippen LogP contribution in [0.4, 0.5) is 0 Å². The van der Waals surface area contributed by atoms with Crippen molar-refractivity contribution in [2.75, 3.05) is 0 Å². The number of thioether (sulfide) groups is 1. The third-order valence-corrected chi connectivity index (χ3v) is 4.53. The summed E-state index contributed by atoms with van der Waals surface area (Å²) in [7, 11) is 1.99. The molecule has 21 heavy (non-hydrogen) atoms. The number of fused-ring (bicyclic) bond motifs is 1. The highest BCUT2D eigenvalue weighted by Crippen LogP contribution is 2.27. The predicted octanol–water partition coefficient (Wildman–Crippen LogP) is 3.80. The molecule has 1 unspecified atom stereocenters. The lowest BCUT2D eigenvalue weighted by Gasteiger charge is -2.08. The summed E-state index contributed by atoms with van der Waals surface area (Å²) < 4.78 is 2.05. The molecule has 0 fully saturated rings. The van der Waals surface area contributed by atoms with Crippen molar-refractivity contribution in [3.8, 4) is 6.07 Å². The molecule has 1 aromatic heterocycles. The summed E-state index contributed by atoms with van der Waals surface area (Å²) in [5.74, 6) is 0. The van der Waals surface area contributed by atoms with Gasteiger partial charge in [0.2, 0.25) is 0 Å². The first-order chi connectivity index (χ1) is 10.3. The smallest absolute Gasteiger partial charge is 0.170 e. The number of benzene rings is 2. The lowest BCUT2D eigenvalue weighted by molar-refractivity contribution is 0.811. The number of hydrogen-bond donors (Lipinski definition) is 0. The average Bonchev–Trinajstić information content (AvgIpc) is 2.84. The standard InChI is InChI=1S/C17H15N3S/c1-20-16-10-6-5-9-15(16)19-17(20)21-14(12-18)11-13-7-3-2-4-8-13/h2-10,14H,11H2,1H3. The second-order valence-corrected chi connectivity index (χ2v) is 6.04. The van der Waals surface area contributed by atoms with Crippen LogP contribution in [0.15, 0.2) is 59.8 Å². The summed E-state index contributed by atoms with van der Waals surface area (Å²) in [6.45, 7) is 0. The largest absolute Gasteiger partial charge is 0.322 e. The summed E-state index contributed by atoms with van der Waals surface area (Å²) in [5.41, 5.74) is 3.24. The maximum absolute atomic E-state index is 9.41. The van der Waals surface area contributed by atoms with E-state index < -0.39 is 0 Å². The van der Waals surface area contributed by atoms with Gasteiger partial charge in [-0.15, -0.1) is 0 Å². The highest BCUT2D eigenvalue weighted by atomic mass is 32.2. The normalized spacial score (nSPS) is 12.2. The summed E-state index contributed by atoms with van der Waals surface area (Å²) >= 11 is 1.53. The van der Waals surface area contributed by atoms with Gasteiger partial charge in [-0.2, -0.15) is 5.26 Å². The third-order valence-electron chi connectivity index (χ3n) is 3.40. The molecule has 0 amide bonds. The van der Waals surface area contributed by atoms with Crippen LogP contribution in [0.3, 0.4) is 0 Å². The number of aryl methyl sites for hydroxylation is 1. The summed E-state index contributed by atoms with van der Waals surface area (Å²) in [6, 6.07) is 20.5. The van der Waals surface area contributed by atoms with E-state index in [1.807, 2.05) is 49.5 Å². The Morgan fingerprint density at radius 2 is 1.86 bits per heavy atom. The van der Waals surface area contributed by atoms with Crippen LogP contribution in [0.5, 0.6) is 0 Å². The zero-order valence-corrected chi connectivity index (χ0v) is 12.5. The molecule has 0 radical (unpaired) electrons. The van der Waals surface area contributed by atoms with Crippen molar-refractivity contribution in [1.29, 1.82) is 5.26 Å². The number of imidazole rings is 1. The molecule has 2 aromatic carbocycles. The van der Waals surface area contributed by atoms with Gasteiger partial charge in [-0.05, 0) is 24.1 Å². The van der Waals surface area contributed by atoms with Crippen LogP contribution in [0.2, 0.25) is 0 Å². The van der Waals surface area contributed by atoms with Gasteiger partial charge in [0, 0.05) is 7.05 Å². The SMILES string of the molecule is Cn1c(SC(C#N)Cc2ccccc2)nc2ccccc21. The molecule has 1 atom stereocenters. The molecule has 3 aromatic rings. The minimum atomic E-state index is -0.136. The molecule has 0 spiro atoms. The number of hydrogen-bond acceptors (Lipinski definition) is 3. The Morgan fingerprint density at radius 1 is 1.14 bits per heavy atom. The van der Waals surface area contributed by atoms with Gasteiger partial charge in [0.15, 0.2) is 5.16 Å². The van der Waals surface area contributed by atoms with Crippen LogP contribution >= 0.6 is 11.8 Å². The molecular formula is C17H15N3S. The lowest BCUT2D eigenvalue weighted by atomic mass is 10.1. The Bertz CT molecular complexity index is 787. The Labute approximate surface area is 128 Å². The summed E-state index contributed by atoms with van der Waals surface area (Å²) in [5, 5.41) is 10.2. The van der Waals surface area contributed by atoms with Crippen molar-refractivity contribution in [1.82, 2.24) is 9.55 Å². The second kappa shape index (κ2) is 6.02. The van der Waals surface area contributed by atoms with Gasteiger partial charge in [0.1, 0.15) is 5.25 Å². The Balaban J connectivity index is 1.83. The molecule has 3 rings (SSSR count).